The van der Waals surface area contributed by atoms with Crippen LogP contribution in [0.15, 0.2) is 24.3 Å². The number of benzene rings is 1. The molecule has 2 amide bonds. The number of amides is 2. The minimum atomic E-state index is -0.417. The van der Waals surface area contributed by atoms with E-state index in [1.165, 1.54) is 0 Å². The van der Waals surface area contributed by atoms with Crippen LogP contribution in [0.25, 0.3) is 0 Å². The lowest BCUT2D eigenvalue weighted by Gasteiger charge is -2.56. The molecular formula is C16H20N4O2. The van der Waals surface area contributed by atoms with Crippen LogP contribution in [-0.4, -0.2) is 17.5 Å². The minimum Gasteiger partial charge on any atom is -0.362 e. The molecule has 2 bridgehead atoms. The van der Waals surface area contributed by atoms with E-state index < -0.39 is 5.66 Å². The minimum absolute atomic E-state index is 0.0262. The van der Waals surface area contributed by atoms with Gasteiger partial charge in [0.2, 0.25) is 5.91 Å². The van der Waals surface area contributed by atoms with Crippen molar-refractivity contribution in [3.8, 4) is 0 Å². The second kappa shape index (κ2) is 4.71. The Labute approximate surface area is 128 Å². The molecule has 22 heavy (non-hydrogen) atoms. The molecule has 1 aromatic carbocycles. The third-order valence-corrected chi connectivity index (χ3v) is 5.62. The van der Waals surface area contributed by atoms with Crippen molar-refractivity contribution in [3.63, 3.8) is 0 Å². The number of rotatable bonds is 1. The summed E-state index contributed by atoms with van der Waals surface area (Å²) in [5.41, 5.74) is 3.45. The van der Waals surface area contributed by atoms with Gasteiger partial charge in [0, 0.05) is 17.5 Å². The predicted molar refractivity (Wildman–Crippen MR) is 81.5 cm³/mol. The Hall–Kier alpha value is -2.08. The van der Waals surface area contributed by atoms with E-state index in [1.807, 2.05) is 24.3 Å². The van der Waals surface area contributed by atoms with Crippen molar-refractivity contribution in [2.24, 2.45) is 23.6 Å². The fourth-order valence-electron chi connectivity index (χ4n) is 4.57. The fraction of sp³-hybridized carbons (Fsp3) is 0.500. The average molecular weight is 300 g/mol. The summed E-state index contributed by atoms with van der Waals surface area (Å²) in [4.78, 5) is 24.4. The van der Waals surface area contributed by atoms with Crippen LogP contribution in [0.3, 0.4) is 0 Å². The maximum Gasteiger partial charge on any atom is 0.255 e. The molecule has 3 saturated carbocycles. The Morgan fingerprint density at radius 3 is 2.82 bits per heavy atom. The molecule has 1 spiro atoms. The van der Waals surface area contributed by atoms with Gasteiger partial charge in [-0.15, -0.1) is 0 Å². The molecule has 5 rings (SSSR count). The first kappa shape index (κ1) is 13.6. The highest BCUT2D eigenvalue weighted by atomic mass is 16.2. The second-order valence-electron chi connectivity index (χ2n) is 6.69. The van der Waals surface area contributed by atoms with Gasteiger partial charge < -0.3 is 10.6 Å². The Bertz CT molecular complexity index is 647. The molecule has 0 saturated heterocycles. The third kappa shape index (κ3) is 1.83. The summed E-state index contributed by atoms with van der Waals surface area (Å²) in [5, 5.41) is 6.74. The Kier molecular flexibility index (Phi) is 2.91. The third-order valence-electron chi connectivity index (χ3n) is 5.62. The topological polar surface area (TPSA) is 96.2 Å². The van der Waals surface area contributed by atoms with E-state index in [0.29, 0.717) is 5.56 Å². The number of carbonyl (C=O) groups excluding carboxylic acids is 2. The van der Waals surface area contributed by atoms with Gasteiger partial charge in [0.05, 0.1) is 5.56 Å². The molecule has 1 aliphatic heterocycles. The summed E-state index contributed by atoms with van der Waals surface area (Å²) in [5.74, 6) is 5.67. The Morgan fingerprint density at radius 2 is 2.09 bits per heavy atom. The number of anilines is 1. The Morgan fingerprint density at radius 1 is 1.27 bits per heavy atom. The number of fused-ring (bicyclic) bond motifs is 3. The second-order valence-corrected chi connectivity index (χ2v) is 6.69. The van der Waals surface area contributed by atoms with E-state index in [-0.39, 0.29) is 29.6 Å². The van der Waals surface area contributed by atoms with Gasteiger partial charge in [-0.3, -0.25) is 15.0 Å². The first-order chi connectivity index (χ1) is 10.6. The highest BCUT2D eigenvalue weighted by Crippen LogP contribution is 2.51. The van der Waals surface area contributed by atoms with Crippen LogP contribution in [0.4, 0.5) is 5.69 Å². The van der Waals surface area contributed by atoms with Gasteiger partial charge in [-0.25, -0.2) is 5.84 Å². The summed E-state index contributed by atoms with van der Waals surface area (Å²) in [6.45, 7) is 0. The number of hydrogen-bond acceptors (Lipinski definition) is 4. The van der Waals surface area contributed by atoms with Gasteiger partial charge in [0.15, 0.2) is 0 Å². The van der Waals surface area contributed by atoms with Crippen molar-refractivity contribution in [1.29, 1.82) is 0 Å². The van der Waals surface area contributed by atoms with Crippen LogP contribution < -0.4 is 21.9 Å². The lowest BCUT2D eigenvalue weighted by atomic mass is 9.58. The van der Waals surface area contributed by atoms with Crippen molar-refractivity contribution in [2.75, 3.05) is 5.32 Å². The van der Waals surface area contributed by atoms with E-state index in [0.717, 1.165) is 31.4 Å². The summed E-state index contributed by atoms with van der Waals surface area (Å²) in [6.07, 6.45) is 3.58. The normalized spacial score (nSPS) is 35.5. The van der Waals surface area contributed by atoms with Crippen molar-refractivity contribution in [2.45, 2.75) is 31.3 Å². The number of hydrazine groups is 1. The van der Waals surface area contributed by atoms with E-state index in [9.17, 15) is 9.59 Å². The average Bonchev–Trinajstić information content (AvgIpc) is 2.54. The summed E-state index contributed by atoms with van der Waals surface area (Å²) in [6, 6.07) is 7.58. The smallest absolute Gasteiger partial charge is 0.255 e. The number of para-hydroxylation sites is 1. The predicted octanol–water partition coefficient (Wildman–Crippen LogP) is 0.964. The van der Waals surface area contributed by atoms with Gasteiger partial charge in [0.1, 0.15) is 5.66 Å². The van der Waals surface area contributed by atoms with E-state index in [1.54, 1.807) is 0 Å². The van der Waals surface area contributed by atoms with Gasteiger partial charge in [-0.1, -0.05) is 12.1 Å². The largest absolute Gasteiger partial charge is 0.362 e. The summed E-state index contributed by atoms with van der Waals surface area (Å²) < 4.78 is 0. The molecular weight excluding hydrogens is 280 g/mol. The zero-order chi connectivity index (χ0) is 15.3. The molecule has 4 aliphatic rings. The highest BCUT2D eigenvalue weighted by molar-refractivity contribution is 6.02. The highest BCUT2D eigenvalue weighted by Gasteiger charge is 2.55. The molecule has 3 fully saturated rings. The van der Waals surface area contributed by atoms with Gasteiger partial charge in [-0.05, 0) is 43.7 Å². The SMILES string of the molecule is NNC(=O)C1CC2CCC1C[C@]21NC(=O)c2ccccc2N1. The number of nitrogens with one attached hydrogen (secondary N) is 3. The lowest BCUT2D eigenvalue weighted by molar-refractivity contribution is -0.132. The molecule has 1 heterocycles. The fourth-order valence-corrected chi connectivity index (χ4v) is 4.57. The molecule has 0 aromatic heterocycles. The molecule has 1 aromatic rings. The van der Waals surface area contributed by atoms with Crippen molar-refractivity contribution >= 4 is 17.5 Å². The zero-order valence-corrected chi connectivity index (χ0v) is 12.3. The molecule has 6 nitrogen and oxygen atoms in total. The number of carbonyl (C=O) groups is 2. The first-order valence-corrected chi connectivity index (χ1v) is 7.83. The maximum atomic E-state index is 12.5. The van der Waals surface area contributed by atoms with E-state index >= 15 is 0 Å². The summed E-state index contributed by atoms with van der Waals surface area (Å²) in [7, 11) is 0. The van der Waals surface area contributed by atoms with Crippen molar-refractivity contribution in [1.82, 2.24) is 10.7 Å². The van der Waals surface area contributed by atoms with Gasteiger partial charge in [0.25, 0.3) is 5.91 Å². The van der Waals surface area contributed by atoms with E-state index in [2.05, 4.69) is 16.1 Å². The number of nitrogens with two attached hydrogens (primary N) is 1. The quantitative estimate of drug-likeness (QED) is 0.353. The Balaban J connectivity index is 1.65. The molecule has 116 valence electrons. The molecule has 5 N–H and O–H groups in total. The number of hydrogen-bond donors (Lipinski definition) is 4. The van der Waals surface area contributed by atoms with Crippen LogP contribution in [0.1, 0.15) is 36.0 Å². The van der Waals surface area contributed by atoms with Gasteiger partial charge >= 0.3 is 0 Å². The molecule has 3 aliphatic carbocycles. The zero-order valence-electron chi connectivity index (χ0n) is 12.3. The maximum absolute atomic E-state index is 12.5. The molecule has 6 heteroatoms. The van der Waals surface area contributed by atoms with Crippen LogP contribution in [-0.2, 0) is 4.79 Å². The van der Waals surface area contributed by atoms with Crippen LogP contribution >= 0.6 is 0 Å². The lowest BCUT2D eigenvalue weighted by Crippen LogP contribution is -2.68. The molecule has 0 radical (unpaired) electrons. The van der Waals surface area contributed by atoms with Crippen molar-refractivity contribution in [3.05, 3.63) is 29.8 Å². The van der Waals surface area contributed by atoms with E-state index in [4.69, 9.17) is 5.84 Å². The standard InChI is InChI=1S/C16H20N4O2/c17-20-15(22)12-7-10-6-5-9(12)8-16(10)18-13-4-2-1-3-11(13)14(21)19-16/h1-4,9-10,12,18H,5-8,17H2,(H,19,21)(H,20,22)/t9?,10?,12?,16-/m0/s1. The van der Waals surface area contributed by atoms with Crippen molar-refractivity contribution < 1.29 is 9.59 Å². The molecule has 3 unspecified atom stereocenters. The first-order valence-electron chi connectivity index (χ1n) is 7.83. The molecule has 4 atom stereocenters. The summed E-state index contributed by atoms with van der Waals surface area (Å²) >= 11 is 0. The van der Waals surface area contributed by atoms with Crippen LogP contribution in [0.5, 0.6) is 0 Å². The van der Waals surface area contributed by atoms with Crippen LogP contribution in [0, 0.1) is 17.8 Å². The van der Waals surface area contributed by atoms with Crippen LogP contribution in [0.2, 0.25) is 0 Å². The van der Waals surface area contributed by atoms with Gasteiger partial charge in [-0.2, -0.15) is 0 Å². The monoisotopic (exact) mass is 300 g/mol.